The first kappa shape index (κ1) is 17.9. The van der Waals surface area contributed by atoms with E-state index in [9.17, 15) is 19.7 Å². The number of aromatic nitrogens is 1. The molecule has 2 rings (SSSR count). The third-order valence-corrected chi connectivity index (χ3v) is 2.97. The summed E-state index contributed by atoms with van der Waals surface area (Å²) in [5.74, 6) is -1.28. The van der Waals surface area contributed by atoms with Crippen molar-refractivity contribution in [3.63, 3.8) is 0 Å². The highest BCUT2D eigenvalue weighted by Crippen LogP contribution is 2.22. The van der Waals surface area contributed by atoms with Gasteiger partial charge in [-0.1, -0.05) is 18.2 Å². The zero-order valence-electron chi connectivity index (χ0n) is 13.2. The fourth-order valence-electron chi connectivity index (χ4n) is 1.96. The van der Waals surface area contributed by atoms with Crippen LogP contribution in [0.25, 0.3) is 0 Å². The van der Waals surface area contributed by atoms with Gasteiger partial charge in [0.1, 0.15) is 17.9 Å². The lowest BCUT2D eigenvalue weighted by Crippen LogP contribution is -2.14. The molecule has 0 atom stereocenters. The molecule has 25 heavy (non-hydrogen) atoms. The second kappa shape index (κ2) is 8.39. The summed E-state index contributed by atoms with van der Waals surface area (Å²) < 4.78 is 10.2. The van der Waals surface area contributed by atoms with Gasteiger partial charge in [0, 0.05) is 25.1 Å². The lowest BCUT2D eigenvalue weighted by Gasteiger charge is -2.10. The summed E-state index contributed by atoms with van der Waals surface area (Å²) >= 11 is 0. The number of para-hydroxylation sites is 1. The van der Waals surface area contributed by atoms with E-state index in [2.05, 4.69) is 9.82 Å². The molecule has 0 saturated carbocycles. The fraction of sp³-hybridized carbons (Fsp3) is 0.188. The first-order valence-electron chi connectivity index (χ1n) is 7.18. The molecule has 0 spiro atoms. The number of carbonyl (C=O) groups is 2. The van der Waals surface area contributed by atoms with Crippen LogP contribution < -0.4 is 9.47 Å². The highest BCUT2D eigenvalue weighted by Gasteiger charge is 2.18. The van der Waals surface area contributed by atoms with E-state index in [1.165, 1.54) is 25.3 Å². The van der Waals surface area contributed by atoms with E-state index in [4.69, 9.17) is 9.47 Å². The quantitative estimate of drug-likeness (QED) is 0.323. The van der Waals surface area contributed by atoms with E-state index >= 15 is 0 Å². The molecule has 0 aliphatic carbocycles. The topological polar surface area (TPSA) is 118 Å². The van der Waals surface area contributed by atoms with Crippen molar-refractivity contribution >= 4 is 11.9 Å². The van der Waals surface area contributed by atoms with Gasteiger partial charge in [0.15, 0.2) is 0 Å². The first-order chi connectivity index (χ1) is 12.0. The molecular formula is C16H14N2O7. The molecule has 0 N–H and O–H groups in total. The Labute approximate surface area is 142 Å². The zero-order valence-corrected chi connectivity index (χ0v) is 13.2. The predicted molar refractivity (Wildman–Crippen MR) is 83.6 cm³/mol. The number of hydrogen-bond acceptors (Lipinski definition) is 8. The minimum absolute atomic E-state index is 0.00271. The van der Waals surface area contributed by atoms with E-state index in [1.807, 2.05) is 0 Å². The van der Waals surface area contributed by atoms with E-state index in [0.29, 0.717) is 5.56 Å². The largest absolute Gasteiger partial charge is 0.426 e. The summed E-state index contributed by atoms with van der Waals surface area (Å²) in [4.78, 5) is 41.9. The number of esters is 2. The van der Waals surface area contributed by atoms with Crippen molar-refractivity contribution in [2.75, 3.05) is 6.61 Å². The molecule has 9 heteroatoms. The molecule has 2 aromatic rings. The Balaban J connectivity index is 2.16. The molecular weight excluding hydrogens is 332 g/mol. The summed E-state index contributed by atoms with van der Waals surface area (Å²) in [5.41, 5.74) is 0.513. The Morgan fingerprint density at radius 3 is 2.64 bits per heavy atom. The van der Waals surface area contributed by atoms with Crippen LogP contribution in [0.2, 0.25) is 0 Å². The van der Waals surface area contributed by atoms with Crippen molar-refractivity contribution in [1.29, 1.82) is 0 Å². The SMILES string of the molecule is CC(=O)Oc1ccccc1C(=O)Oc1ncccc1CCO[N+](=O)[O-]. The Bertz CT molecular complexity index is 792. The summed E-state index contributed by atoms with van der Waals surface area (Å²) in [6.45, 7) is 1.02. The molecule has 0 aliphatic heterocycles. The van der Waals surface area contributed by atoms with Gasteiger partial charge in [-0.2, -0.15) is 0 Å². The third kappa shape index (κ3) is 5.27. The smallest absolute Gasteiger partial charge is 0.348 e. The second-order valence-corrected chi connectivity index (χ2v) is 4.75. The maximum absolute atomic E-state index is 12.4. The van der Waals surface area contributed by atoms with E-state index in [0.717, 1.165) is 0 Å². The Morgan fingerprint density at radius 1 is 1.16 bits per heavy atom. The molecule has 0 aliphatic rings. The van der Waals surface area contributed by atoms with Gasteiger partial charge in [-0.15, -0.1) is 10.1 Å². The standard InChI is InChI=1S/C16H14N2O7/c1-11(19)24-14-7-3-2-6-13(14)16(20)25-15-12(5-4-9-17-15)8-10-23-18(21)22/h2-7,9H,8,10H2,1H3. The van der Waals surface area contributed by atoms with Crippen molar-refractivity contribution in [1.82, 2.24) is 4.98 Å². The number of pyridine rings is 1. The minimum atomic E-state index is -0.905. The van der Waals surface area contributed by atoms with Gasteiger partial charge in [0.05, 0.1) is 0 Å². The average Bonchev–Trinajstić information content (AvgIpc) is 2.56. The van der Waals surface area contributed by atoms with Crippen LogP contribution in [0, 0.1) is 10.1 Å². The third-order valence-electron chi connectivity index (χ3n) is 2.97. The predicted octanol–water partition coefficient (Wildman–Crippen LogP) is 1.98. The number of ether oxygens (including phenoxy) is 2. The molecule has 0 bridgehead atoms. The molecule has 1 aromatic carbocycles. The second-order valence-electron chi connectivity index (χ2n) is 4.75. The van der Waals surface area contributed by atoms with Crippen molar-refractivity contribution < 1.29 is 29.0 Å². The monoisotopic (exact) mass is 346 g/mol. The normalized spacial score (nSPS) is 9.96. The fourth-order valence-corrected chi connectivity index (χ4v) is 1.96. The maximum atomic E-state index is 12.4. The highest BCUT2D eigenvalue weighted by molar-refractivity contribution is 5.94. The number of benzene rings is 1. The Morgan fingerprint density at radius 2 is 1.92 bits per heavy atom. The molecule has 1 aromatic heterocycles. The van der Waals surface area contributed by atoms with Crippen LogP contribution in [0.1, 0.15) is 22.8 Å². The van der Waals surface area contributed by atoms with Crippen molar-refractivity contribution in [2.24, 2.45) is 0 Å². The summed E-state index contributed by atoms with van der Waals surface area (Å²) in [5, 5.41) is 9.30. The van der Waals surface area contributed by atoms with E-state index < -0.39 is 17.0 Å². The van der Waals surface area contributed by atoms with Crippen LogP contribution in [0.3, 0.4) is 0 Å². The molecule has 130 valence electrons. The maximum Gasteiger partial charge on any atom is 0.348 e. The van der Waals surface area contributed by atoms with Crippen LogP contribution in [0.4, 0.5) is 0 Å². The zero-order chi connectivity index (χ0) is 18.2. The van der Waals surface area contributed by atoms with Crippen molar-refractivity contribution in [3.8, 4) is 11.6 Å². The van der Waals surface area contributed by atoms with Crippen LogP contribution in [-0.4, -0.2) is 28.6 Å². The number of rotatable bonds is 7. The molecule has 9 nitrogen and oxygen atoms in total. The molecule has 0 fully saturated rings. The number of hydrogen-bond donors (Lipinski definition) is 0. The Hall–Kier alpha value is -3.49. The van der Waals surface area contributed by atoms with Gasteiger partial charge in [-0.25, -0.2) is 9.78 Å². The van der Waals surface area contributed by atoms with Crippen LogP contribution in [-0.2, 0) is 16.1 Å². The highest BCUT2D eigenvalue weighted by atomic mass is 16.9. The Kier molecular flexibility index (Phi) is 5.99. The first-order valence-corrected chi connectivity index (χ1v) is 7.18. The number of nitrogens with zero attached hydrogens (tertiary/aromatic N) is 2. The van der Waals surface area contributed by atoms with E-state index in [1.54, 1.807) is 24.3 Å². The summed E-state index contributed by atoms with van der Waals surface area (Å²) in [6, 6.07) is 9.31. The lowest BCUT2D eigenvalue weighted by atomic mass is 10.2. The van der Waals surface area contributed by atoms with Crippen LogP contribution in [0.15, 0.2) is 42.6 Å². The molecule has 0 amide bonds. The van der Waals surface area contributed by atoms with Crippen molar-refractivity contribution in [3.05, 3.63) is 63.8 Å². The van der Waals surface area contributed by atoms with Gasteiger partial charge in [-0.05, 0) is 18.2 Å². The van der Waals surface area contributed by atoms with E-state index in [-0.39, 0.29) is 30.2 Å². The molecule has 0 radical (unpaired) electrons. The van der Waals surface area contributed by atoms with Gasteiger partial charge in [-0.3, -0.25) is 4.79 Å². The van der Waals surface area contributed by atoms with Crippen molar-refractivity contribution in [2.45, 2.75) is 13.3 Å². The minimum Gasteiger partial charge on any atom is -0.426 e. The number of carbonyl (C=O) groups excluding carboxylic acids is 2. The average molecular weight is 346 g/mol. The summed E-state index contributed by atoms with van der Waals surface area (Å²) in [7, 11) is 0. The molecule has 1 heterocycles. The lowest BCUT2D eigenvalue weighted by molar-refractivity contribution is -0.757. The molecule has 0 unspecified atom stereocenters. The molecule has 0 saturated heterocycles. The van der Waals surface area contributed by atoms with Gasteiger partial charge in [0.2, 0.25) is 5.88 Å². The van der Waals surface area contributed by atoms with Gasteiger partial charge < -0.3 is 14.3 Å². The van der Waals surface area contributed by atoms with Gasteiger partial charge >= 0.3 is 11.9 Å². The summed E-state index contributed by atoms with van der Waals surface area (Å²) in [6.07, 6.45) is 1.54. The van der Waals surface area contributed by atoms with Crippen LogP contribution in [0.5, 0.6) is 11.6 Å². The van der Waals surface area contributed by atoms with Crippen LogP contribution >= 0.6 is 0 Å². The van der Waals surface area contributed by atoms with Gasteiger partial charge in [0.25, 0.3) is 5.09 Å².